The van der Waals surface area contributed by atoms with Crippen molar-refractivity contribution in [3.05, 3.63) is 53.9 Å². The van der Waals surface area contributed by atoms with Crippen LogP contribution >= 0.6 is 0 Å². The lowest BCUT2D eigenvalue weighted by molar-refractivity contribution is 0.780. The van der Waals surface area contributed by atoms with Crippen molar-refractivity contribution < 1.29 is 0 Å². The number of nitrogens with zero attached hydrogens (tertiary/aromatic N) is 2. The number of aromatic amines is 1. The summed E-state index contributed by atoms with van der Waals surface area (Å²) in [6.07, 6.45) is 2.72. The van der Waals surface area contributed by atoms with E-state index >= 15 is 0 Å². The molecule has 0 unspecified atom stereocenters. The first kappa shape index (κ1) is 13.1. The normalized spacial score (nSPS) is 11.3. The van der Waals surface area contributed by atoms with Gasteiger partial charge < -0.3 is 10.6 Å². The minimum absolute atomic E-state index is 0.686. The summed E-state index contributed by atoms with van der Waals surface area (Å²) >= 11 is 0. The fraction of sp³-hybridized carbons (Fsp3) is 0.286. The highest BCUT2D eigenvalue weighted by molar-refractivity contribution is 5.79. The van der Waals surface area contributed by atoms with Gasteiger partial charge in [0, 0.05) is 19.8 Å². The Morgan fingerprint density at radius 3 is 2.74 bits per heavy atom. The number of hydrogen-bond donors (Lipinski definition) is 3. The van der Waals surface area contributed by atoms with E-state index in [9.17, 15) is 0 Å². The molecule has 0 radical (unpaired) electrons. The minimum Gasteiger partial charge on any atom is -0.356 e. The van der Waals surface area contributed by atoms with Crippen LogP contribution in [0.5, 0.6) is 0 Å². The summed E-state index contributed by atoms with van der Waals surface area (Å²) in [5.41, 5.74) is 2.35. The lowest BCUT2D eigenvalue weighted by Crippen LogP contribution is -2.37. The van der Waals surface area contributed by atoms with Crippen LogP contribution in [0.25, 0.3) is 0 Å². The molecule has 2 aromatic rings. The smallest absolute Gasteiger partial charge is 0.191 e. The van der Waals surface area contributed by atoms with E-state index in [1.807, 2.05) is 12.1 Å². The van der Waals surface area contributed by atoms with Crippen LogP contribution in [0.2, 0.25) is 0 Å². The summed E-state index contributed by atoms with van der Waals surface area (Å²) in [6.45, 7) is 1.54. The van der Waals surface area contributed by atoms with Gasteiger partial charge in [0.15, 0.2) is 5.96 Å². The van der Waals surface area contributed by atoms with E-state index in [1.165, 1.54) is 5.56 Å². The molecule has 0 saturated heterocycles. The molecule has 5 nitrogen and oxygen atoms in total. The molecule has 0 spiro atoms. The maximum absolute atomic E-state index is 4.18. The van der Waals surface area contributed by atoms with Gasteiger partial charge in [-0.1, -0.05) is 30.3 Å². The van der Waals surface area contributed by atoms with Crippen molar-refractivity contribution in [1.29, 1.82) is 0 Å². The quantitative estimate of drug-likeness (QED) is 0.559. The molecule has 5 heteroatoms. The van der Waals surface area contributed by atoms with Crippen LogP contribution in [0.3, 0.4) is 0 Å². The molecule has 1 aromatic heterocycles. The van der Waals surface area contributed by atoms with Gasteiger partial charge in [-0.3, -0.25) is 10.1 Å². The molecule has 0 fully saturated rings. The fourth-order valence-electron chi connectivity index (χ4n) is 1.75. The van der Waals surface area contributed by atoms with Crippen LogP contribution in [0.15, 0.2) is 47.6 Å². The van der Waals surface area contributed by atoms with Crippen molar-refractivity contribution in [3.63, 3.8) is 0 Å². The highest BCUT2D eigenvalue weighted by atomic mass is 15.2. The van der Waals surface area contributed by atoms with Gasteiger partial charge in [-0.25, -0.2) is 0 Å². The molecule has 0 atom stereocenters. The average molecular weight is 257 g/mol. The molecule has 2 rings (SSSR count). The summed E-state index contributed by atoms with van der Waals surface area (Å²) in [6, 6.07) is 12.3. The monoisotopic (exact) mass is 257 g/mol. The third-order valence-electron chi connectivity index (χ3n) is 2.78. The molecule has 100 valence electrons. The maximum Gasteiger partial charge on any atom is 0.191 e. The summed E-state index contributed by atoms with van der Waals surface area (Å²) in [7, 11) is 1.77. The molecule has 0 aliphatic rings. The van der Waals surface area contributed by atoms with E-state index in [0.717, 1.165) is 24.6 Å². The van der Waals surface area contributed by atoms with Crippen molar-refractivity contribution in [2.45, 2.75) is 13.0 Å². The van der Waals surface area contributed by atoms with Crippen molar-refractivity contribution in [2.24, 2.45) is 4.99 Å². The summed E-state index contributed by atoms with van der Waals surface area (Å²) in [5, 5.41) is 13.3. The van der Waals surface area contributed by atoms with Gasteiger partial charge in [-0.2, -0.15) is 5.10 Å². The van der Waals surface area contributed by atoms with E-state index < -0.39 is 0 Å². The van der Waals surface area contributed by atoms with Crippen LogP contribution in [-0.2, 0) is 13.0 Å². The predicted octanol–water partition coefficient (Wildman–Crippen LogP) is 1.32. The van der Waals surface area contributed by atoms with E-state index in [2.05, 4.69) is 50.1 Å². The van der Waals surface area contributed by atoms with Crippen molar-refractivity contribution in [2.75, 3.05) is 13.6 Å². The summed E-state index contributed by atoms with van der Waals surface area (Å²) < 4.78 is 0. The number of hydrogen-bond acceptors (Lipinski definition) is 2. The van der Waals surface area contributed by atoms with Gasteiger partial charge in [0.05, 0.1) is 12.2 Å². The average Bonchev–Trinajstić information content (AvgIpc) is 2.97. The van der Waals surface area contributed by atoms with Gasteiger partial charge in [0.2, 0.25) is 0 Å². The van der Waals surface area contributed by atoms with Gasteiger partial charge in [-0.05, 0) is 18.1 Å². The summed E-state index contributed by atoms with van der Waals surface area (Å²) in [5.74, 6) is 0.797. The first-order valence-corrected chi connectivity index (χ1v) is 6.35. The number of H-pyrrole nitrogens is 1. The van der Waals surface area contributed by atoms with E-state index in [4.69, 9.17) is 0 Å². The Morgan fingerprint density at radius 1 is 1.21 bits per heavy atom. The number of rotatable bonds is 5. The van der Waals surface area contributed by atoms with E-state index in [1.54, 1.807) is 13.2 Å². The molecule has 0 aliphatic heterocycles. The SMILES string of the molecule is CN=C(NCCc1ccccc1)NCc1ccn[nH]1. The Bertz CT molecular complexity index is 490. The fourth-order valence-corrected chi connectivity index (χ4v) is 1.75. The first-order chi connectivity index (χ1) is 9.38. The maximum atomic E-state index is 4.18. The lowest BCUT2D eigenvalue weighted by atomic mass is 10.1. The highest BCUT2D eigenvalue weighted by Gasteiger charge is 1.98. The zero-order valence-electron chi connectivity index (χ0n) is 11.1. The zero-order chi connectivity index (χ0) is 13.3. The zero-order valence-corrected chi connectivity index (χ0v) is 11.1. The lowest BCUT2D eigenvalue weighted by Gasteiger charge is -2.11. The molecule has 0 saturated carbocycles. The molecule has 19 heavy (non-hydrogen) atoms. The van der Waals surface area contributed by atoms with Gasteiger partial charge >= 0.3 is 0 Å². The minimum atomic E-state index is 0.686. The number of aliphatic imine (C=N–C) groups is 1. The Labute approximate surface area is 113 Å². The van der Waals surface area contributed by atoms with Crippen LogP contribution in [0, 0.1) is 0 Å². The highest BCUT2D eigenvalue weighted by Crippen LogP contribution is 1.98. The molecule has 1 heterocycles. The Hall–Kier alpha value is -2.30. The van der Waals surface area contributed by atoms with Crippen LogP contribution < -0.4 is 10.6 Å². The summed E-state index contributed by atoms with van der Waals surface area (Å²) in [4.78, 5) is 4.18. The van der Waals surface area contributed by atoms with Crippen LogP contribution in [0.1, 0.15) is 11.3 Å². The number of nitrogens with one attached hydrogen (secondary N) is 3. The first-order valence-electron chi connectivity index (χ1n) is 6.35. The second kappa shape index (κ2) is 7.20. The van der Waals surface area contributed by atoms with Crippen LogP contribution in [-0.4, -0.2) is 29.7 Å². The van der Waals surface area contributed by atoms with Crippen molar-refractivity contribution in [1.82, 2.24) is 20.8 Å². The van der Waals surface area contributed by atoms with E-state index in [0.29, 0.717) is 6.54 Å². The third kappa shape index (κ3) is 4.46. The van der Waals surface area contributed by atoms with Gasteiger partial charge in [0.1, 0.15) is 0 Å². The molecule has 3 N–H and O–H groups in total. The second-order valence-electron chi connectivity index (χ2n) is 4.17. The molecule has 0 bridgehead atoms. The standard InChI is InChI=1S/C14H19N5/c1-15-14(17-11-13-8-10-18-19-13)16-9-7-12-5-3-2-4-6-12/h2-6,8,10H,7,9,11H2,1H3,(H,18,19)(H2,15,16,17). The topological polar surface area (TPSA) is 65.1 Å². The van der Waals surface area contributed by atoms with Crippen molar-refractivity contribution in [3.8, 4) is 0 Å². The predicted molar refractivity (Wildman–Crippen MR) is 76.9 cm³/mol. The number of guanidine groups is 1. The molecule has 1 aromatic carbocycles. The largest absolute Gasteiger partial charge is 0.356 e. The van der Waals surface area contributed by atoms with Crippen LogP contribution in [0.4, 0.5) is 0 Å². The van der Waals surface area contributed by atoms with Gasteiger partial charge in [0.25, 0.3) is 0 Å². The Kier molecular flexibility index (Phi) is 4.98. The Morgan fingerprint density at radius 2 is 2.05 bits per heavy atom. The second-order valence-corrected chi connectivity index (χ2v) is 4.17. The third-order valence-corrected chi connectivity index (χ3v) is 2.78. The van der Waals surface area contributed by atoms with Crippen molar-refractivity contribution >= 4 is 5.96 Å². The number of aromatic nitrogens is 2. The Balaban J connectivity index is 1.71. The molecule has 0 aliphatic carbocycles. The molecule has 0 amide bonds. The van der Waals surface area contributed by atoms with Gasteiger partial charge in [-0.15, -0.1) is 0 Å². The molecular weight excluding hydrogens is 238 g/mol. The molecular formula is C14H19N5. The number of benzene rings is 1. The van der Waals surface area contributed by atoms with E-state index in [-0.39, 0.29) is 0 Å².